The molecule has 0 bridgehead atoms. The zero-order valence-corrected chi connectivity index (χ0v) is 16.2. The van der Waals surface area contributed by atoms with Crippen LogP contribution in [-0.2, 0) is 6.42 Å². The number of rotatable bonds is 4. The zero-order valence-electron chi connectivity index (χ0n) is 16.2. The summed E-state index contributed by atoms with van der Waals surface area (Å²) in [5.74, 6) is 1.06. The van der Waals surface area contributed by atoms with Gasteiger partial charge in [-0.25, -0.2) is 0 Å². The molecule has 0 saturated carbocycles. The van der Waals surface area contributed by atoms with Crippen LogP contribution >= 0.6 is 0 Å². The van der Waals surface area contributed by atoms with E-state index in [2.05, 4.69) is 29.2 Å². The number of nitrogens with one attached hydrogen (secondary N) is 1. The van der Waals surface area contributed by atoms with Gasteiger partial charge in [0.2, 0.25) is 0 Å². The number of H-pyrrole nitrogens is 1. The van der Waals surface area contributed by atoms with Crippen LogP contribution in [0.1, 0.15) is 40.3 Å². The predicted molar refractivity (Wildman–Crippen MR) is 111 cm³/mol. The molecule has 1 atom stereocenters. The lowest BCUT2D eigenvalue weighted by Gasteiger charge is -2.35. The second kappa shape index (κ2) is 7.17. The number of nitrogens with zero attached hydrogens (tertiary/aromatic N) is 1. The number of hydrogen-bond donors (Lipinski definition) is 1. The van der Waals surface area contributed by atoms with Gasteiger partial charge in [0.15, 0.2) is 5.76 Å². The topological polar surface area (TPSA) is 58.5 Å². The molecule has 4 aromatic rings. The van der Waals surface area contributed by atoms with Gasteiger partial charge < -0.3 is 19.0 Å². The number of aromatic nitrogens is 1. The van der Waals surface area contributed by atoms with Gasteiger partial charge in [0, 0.05) is 23.1 Å². The van der Waals surface area contributed by atoms with Crippen molar-refractivity contribution in [2.45, 2.75) is 19.4 Å². The summed E-state index contributed by atoms with van der Waals surface area (Å²) >= 11 is 0. The zero-order chi connectivity index (χ0) is 19.8. The Morgan fingerprint density at radius 3 is 2.90 bits per heavy atom. The normalized spacial score (nSPS) is 16.0. The fourth-order valence-electron chi connectivity index (χ4n) is 4.29. The van der Waals surface area contributed by atoms with Gasteiger partial charge in [-0.2, -0.15) is 0 Å². The molecule has 0 spiro atoms. The number of ether oxygens (including phenoxy) is 1. The fraction of sp³-hybridized carbons (Fsp3) is 0.208. The molecule has 0 saturated heterocycles. The van der Waals surface area contributed by atoms with Crippen molar-refractivity contribution in [3.63, 3.8) is 0 Å². The van der Waals surface area contributed by atoms with Gasteiger partial charge in [0.05, 0.1) is 18.9 Å². The van der Waals surface area contributed by atoms with Gasteiger partial charge in [-0.3, -0.25) is 4.79 Å². The molecule has 2 aromatic carbocycles. The lowest BCUT2D eigenvalue weighted by Crippen LogP contribution is -2.40. The third-order valence-corrected chi connectivity index (χ3v) is 5.51. The molecule has 0 fully saturated rings. The van der Waals surface area contributed by atoms with E-state index in [0.717, 1.165) is 28.9 Å². The van der Waals surface area contributed by atoms with Gasteiger partial charge in [-0.15, -0.1) is 0 Å². The first-order chi connectivity index (χ1) is 14.3. The molecule has 5 heteroatoms. The highest BCUT2D eigenvalue weighted by Crippen LogP contribution is 2.39. The average Bonchev–Trinajstić information content (AvgIpc) is 3.41. The number of amides is 1. The Morgan fingerprint density at radius 1 is 1.17 bits per heavy atom. The average molecular weight is 386 g/mol. The van der Waals surface area contributed by atoms with Crippen molar-refractivity contribution < 1.29 is 13.9 Å². The first-order valence-corrected chi connectivity index (χ1v) is 9.93. The number of para-hydroxylation sites is 1. The summed E-state index contributed by atoms with van der Waals surface area (Å²) in [4.78, 5) is 18.7. The van der Waals surface area contributed by atoms with Crippen LogP contribution in [0.3, 0.4) is 0 Å². The second-order valence-electron chi connectivity index (χ2n) is 7.20. The SMILES string of the molecule is CCOc1cccc(C2c3[nH]c4ccccc4c3CCN2C(=O)c2ccco2)c1. The summed E-state index contributed by atoms with van der Waals surface area (Å²) in [6.45, 7) is 3.19. The molecule has 2 aromatic heterocycles. The van der Waals surface area contributed by atoms with Crippen LogP contribution < -0.4 is 4.74 Å². The number of benzene rings is 2. The molecule has 29 heavy (non-hydrogen) atoms. The fourth-order valence-corrected chi connectivity index (χ4v) is 4.29. The maximum Gasteiger partial charge on any atom is 0.290 e. The predicted octanol–water partition coefficient (Wildman–Crippen LogP) is 4.95. The summed E-state index contributed by atoms with van der Waals surface area (Å²) in [6.07, 6.45) is 2.34. The number of furan rings is 1. The lowest BCUT2D eigenvalue weighted by atomic mass is 9.92. The molecule has 1 aliphatic heterocycles. The van der Waals surface area contributed by atoms with Crippen molar-refractivity contribution in [3.8, 4) is 5.75 Å². The van der Waals surface area contributed by atoms with Crippen LogP contribution in [0.15, 0.2) is 71.3 Å². The number of hydrogen-bond acceptors (Lipinski definition) is 3. The Kier molecular flexibility index (Phi) is 4.35. The van der Waals surface area contributed by atoms with Crippen molar-refractivity contribution in [1.29, 1.82) is 0 Å². The number of aromatic amines is 1. The van der Waals surface area contributed by atoms with E-state index < -0.39 is 0 Å². The molecule has 1 aliphatic rings. The molecule has 5 nitrogen and oxygen atoms in total. The highest BCUT2D eigenvalue weighted by molar-refractivity contribution is 5.93. The van der Waals surface area contributed by atoms with Crippen LogP contribution in [0.5, 0.6) is 5.75 Å². The maximum absolute atomic E-state index is 13.3. The summed E-state index contributed by atoms with van der Waals surface area (Å²) in [7, 11) is 0. The Hall–Kier alpha value is -3.47. The van der Waals surface area contributed by atoms with E-state index in [0.29, 0.717) is 18.9 Å². The van der Waals surface area contributed by atoms with Crippen LogP contribution in [0.4, 0.5) is 0 Å². The highest BCUT2D eigenvalue weighted by Gasteiger charge is 2.35. The quantitative estimate of drug-likeness (QED) is 0.540. The van der Waals surface area contributed by atoms with Gasteiger partial charge in [0.1, 0.15) is 5.75 Å². The van der Waals surface area contributed by atoms with Crippen LogP contribution in [0.2, 0.25) is 0 Å². The van der Waals surface area contributed by atoms with Gasteiger partial charge in [0.25, 0.3) is 5.91 Å². The molecule has 3 heterocycles. The molecule has 0 aliphatic carbocycles. The minimum atomic E-state index is -0.232. The molecule has 1 unspecified atom stereocenters. The van der Waals surface area contributed by atoms with Crippen molar-refractivity contribution in [2.24, 2.45) is 0 Å². The van der Waals surface area contributed by atoms with E-state index in [4.69, 9.17) is 9.15 Å². The van der Waals surface area contributed by atoms with Crippen molar-refractivity contribution in [3.05, 3.63) is 89.5 Å². The van der Waals surface area contributed by atoms with E-state index in [-0.39, 0.29) is 11.9 Å². The lowest BCUT2D eigenvalue weighted by molar-refractivity contribution is 0.0659. The van der Waals surface area contributed by atoms with E-state index in [1.54, 1.807) is 12.1 Å². The second-order valence-corrected chi connectivity index (χ2v) is 7.20. The summed E-state index contributed by atoms with van der Waals surface area (Å²) in [5, 5.41) is 1.22. The van der Waals surface area contributed by atoms with Crippen LogP contribution in [-0.4, -0.2) is 28.9 Å². The highest BCUT2D eigenvalue weighted by atomic mass is 16.5. The maximum atomic E-state index is 13.3. The van der Waals surface area contributed by atoms with Crippen molar-refractivity contribution in [1.82, 2.24) is 9.88 Å². The smallest absolute Gasteiger partial charge is 0.290 e. The van der Waals surface area contributed by atoms with Gasteiger partial charge in [-0.05, 0) is 54.8 Å². The molecular weight excluding hydrogens is 364 g/mol. The Morgan fingerprint density at radius 2 is 2.07 bits per heavy atom. The monoisotopic (exact) mass is 386 g/mol. The molecule has 1 amide bonds. The minimum absolute atomic E-state index is 0.105. The third kappa shape index (κ3) is 2.99. The van der Waals surface area contributed by atoms with E-state index in [1.807, 2.05) is 36.1 Å². The summed E-state index contributed by atoms with van der Waals surface area (Å²) < 4.78 is 11.1. The van der Waals surface area contributed by atoms with Gasteiger partial charge >= 0.3 is 0 Å². The van der Waals surface area contributed by atoms with E-state index in [9.17, 15) is 4.79 Å². The molecular formula is C24H22N2O3. The Balaban J connectivity index is 1.66. The molecule has 0 radical (unpaired) electrons. The minimum Gasteiger partial charge on any atom is -0.494 e. The Bertz CT molecular complexity index is 1160. The van der Waals surface area contributed by atoms with Crippen molar-refractivity contribution in [2.75, 3.05) is 13.2 Å². The first-order valence-electron chi connectivity index (χ1n) is 9.93. The molecule has 5 rings (SSSR count). The van der Waals surface area contributed by atoms with Crippen LogP contribution in [0, 0.1) is 0 Å². The van der Waals surface area contributed by atoms with E-state index in [1.165, 1.54) is 17.2 Å². The Labute approximate surface area is 168 Å². The standard InChI is InChI=1S/C24H22N2O3/c1-2-28-17-8-5-7-16(15-17)23-22-19(18-9-3-4-10-20(18)25-22)12-13-26(23)24(27)21-11-6-14-29-21/h3-11,14-15,23,25H,2,12-13H2,1H3. The largest absolute Gasteiger partial charge is 0.494 e. The summed E-state index contributed by atoms with van der Waals surface area (Å²) in [6, 6.07) is 19.5. The van der Waals surface area contributed by atoms with Crippen LogP contribution in [0.25, 0.3) is 10.9 Å². The van der Waals surface area contributed by atoms with E-state index >= 15 is 0 Å². The number of fused-ring (bicyclic) bond motifs is 3. The number of carbonyl (C=O) groups excluding carboxylic acids is 1. The molecule has 1 N–H and O–H groups in total. The summed E-state index contributed by atoms with van der Waals surface area (Å²) in [5.41, 5.74) is 4.45. The first kappa shape index (κ1) is 17.6. The van der Waals surface area contributed by atoms with Gasteiger partial charge in [-0.1, -0.05) is 30.3 Å². The number of carbonyl (C=O) groups is 1. The third-order valence-electron chi connectivity index (χ3n) is 5.51. The van der Waals surface area contributed by atoms with Crippen molar-refractivity contribution >= 4 is 16.8 Å². The molecule has 146 valence electrons.